The zero-order valence-electron chi connectivity index (χ0n) is 65.9. The molecule has 662 valence electrons. The highest BCUT2D eigenvalue weighted by molar-refractivity contribution is 8.00. The Morgan fingerprint density at radius 2 is 1.19 bits per heavy atom. The van der Waals surface area contributed by atoms with Crippen molar-refractivity contribution in [3.05, 3.63) is 84.8 Å². The SMILES string of the molecule is CC(=O)N[C@@H](C(=O)O)C(C)(C)SN=O.CC(=O)N[C@H](C(=O)O)C(C)(C)SN=O.CC(C)(CNC(=O)c1nccnc1C(=O)O)SN=O.CC(C)(SN=O)[C@@H]1NC(=O)[C@@H](CCC(=O)O)NC1=O.O=C(O)CC(=O)Nc1c[n+](N2CCOCC2)no1.O=C(O)CC([O-])=NC1=N[NH+](c2ccccc2)NO1.O=NSC1(CNC(=O)CCC(=O)O)CCCCC1. The third-order valence-electron chi connectivity index (χ3n) is 15.5. The fraction of sp³-hybridized carbons (Fsp3) is 0.562. The van der Waals surface area contributed by atoms with Crippen molar-refractivity contribution in [2.24, 2.45) is 33.0 Å². The number of aliphatic imine (C=N–C) groups is 1. The number of carboxylic acids is 7. The van der Waals surface area contributed by atoms with Crippen LogP contribution >= 0.6 is 59.7 Å². The molecule has 1 aromatic carbocycles. The molecule has 2 aromatic heterocycles. The molecule has 120 heavy (non-hydrogen) atoms. The van der Waals surface area contributed by atoms with E-state index in [2.05, 4.69) is 91.1 Å². The second kappa shape index (κ2) is 53.7. The molecule has 1 saturated carbocycles. The Labute approximate surface area is 703 Å². The molecule has 1 unspecified atom stereocenters. The number of carbonyl (C=O) groups is 14. The van der Waals surface area contributed by atoms with Gasteiger partial charge in [-0.2, -0.15) is 0 Å². The number of anilines is 1. The predicted molar refractivity (Wildman–Crippen MR) is 426 cm³/mol. The standard InChI is InChI=1S/C11H18N2O4S.C10H12N4O4S.C10H10N4O4.C10H15N3O5S.C9H12N4O5.2C7H12N2O4S/c14-9(4-5-10(15)16)12-8-11(18-13-17)6-2-1-3-7-11;1-10(2,19-14-18)5-13-8(15)6-7(9(16)17)12-4-3-11-6;15-8(6-9(16)17)11-10-12-14(13-18-10)7-4-2-1-3-5-7;1-10(2,19-13-18)7-9(17)11-5(8(16)12-7)3-4-6(14)15;14-7(5-9(15)16)10-8-6-13(11-18-8)12-1-3-17-4-2-12;2*1-4(10)8-5(6(11)12)7(2,3)14-9-13/h1-8H2,(H,12,14)(H,15,16);3-4H,5H2,1-2H3,(H,13,15)(H,16,17);1-5,13H,6H2,(H,16,17)(H,11,12,15);5,7H,3-4H2,1-2H3,(H,11,17)(H,12,16)(H,14,15);6H,1-5H2,(H-,10,11,14,15,16);2*5H,1-3H3,(H,8,10)(H,11,12)/p+1/t;;;5-,7-;;2*5-/m...1.10/s1. The molecular weight excluding hydrogens is 1700 g/mol. The predicted octanol–water partition coefficient (Wildman–Crippen LogP) is 1.25. The third-order valence-corrected chi connectivity index (χ3v) is 19.6. The lowest BCUT2D eigenvalue weighted by Crippen LogP contribution is -3.07. The molecule has 16 N–H and O–H groups in total. The number of nitroso groups, excluding NO2 is 5. The van der Waals surface area contributed by atoms with Gasteiger partial charge in [0.25, 0.3) is 12.1 Å². The number of quaternary nitrogens is 1. The molecule has 51 nitrogen and oxygen atoms in total. The summed E-state index contributed by atoms with van der Waals surface area (Å²) in [6.07, 6.45) is 7.16. The van der Waals surface area contributed by atoms with Crippen LogP contribution in [0.5, 0.6) is 0 Å². The molecule has 2 saturated heterocycles. The Morgan fingerprint density at radius 1 is 0.658 bits per heavy atom. The number of nitrogens with one attached hydrogen (secondary N) is 9. The van der Waals surface area contributed by atoms with E-state index in [1.807, 2.05) is 23.2 Å². The molecule has 0 radical (unpaired) electrons. The highest BCUT2D eigenvalue weighted by Crippen LogP contribution is 2.40. The maximum atomic E-state index is 11.9. The fourth-order valence-corrected chi connectivity index (χ4v) is 12.1. The minimum absolute atomic E-state index is 0.0232. The van der Waals surface area contributed by atoms with Crippen molar-refractivity contribution in [3.63, 3.8) is 0 Å². The highest BCUT2D eigenvalue weighted by Gasteiger charge is 2.44. The van der Waals surface area contributed by atoms with Gasteiger partial charge in [0.1, 0.15) is 30.6 Å². The van der Waals surface area contributed by atoms with Crippen LogP contribution in [0.15, 0.2) is 86.5 Å². The molecule has 0 spiro atoms. The second-order valence-electron chi connectivity index (χ2n) is 27.0. The number of aromatic carboxylic acids is 1. The van der Waals surface area contributed by atoms with Gasteiger partial charge in [0.05, 0.1) is 67.7 Å². The highest BCUT2D eigenvalue weighted by atomic mass is 32.2. The number of hydrogen-bond donors (Lipinski definition) is 16. The minimum Gasteiger partial charge on any atom is -0.861 e. The summed E-state index contributed by atoms with van der Waals surface area (Å²) in [4.78, 5) is 221. The van der Waals surface area contributed by atoms with Crippen molar-refractivity contribution in [1.29, 1.82) is 0 Å². The maximum absolute atomic E-state index is 11.9. The molecule has 4 aliphatic rings. The Hall–Kier alpha value is -11.6. The van der Waals surface area contributed by atoms with Gasteiger partial charge in [0, 0.05) is 158 Å². The zero-order chi connectivity index (χ0) is 91.2. The quantitative estimate of drug-likeness (QED) is 0.00972. The van der Waals surface area contributed by atoms with Crippen LogP contribution in [-0.4, -0.2) is 233 Å². The number of nitrogens with zero attached hydrogens (tertiary/aromatic N) is 12. The summed E-state index contributed by atoms with van der Waals surface area (Å²) < 4.78 is 19.8. The molecule has 7 rings (SSSR count). The van der Waals surface area contributed by atoms with E-state index in [-0.39, 0.29) is 60.5 Å². The number of aromatic nitrogens is 4. The summed E-state index contributed by atoms with van der Waals surface area (Å²) in [6.45, 7) is 18.2. The normalized spacial score (nSPS) is 16.4. The molecule has 56 heteroatoms. The van der Waals surface area contributed by atoms with Crippen LogP contribution in [0.1, 0.15) is 161 Å². The first-order valence-corrected chi connectivity index (χ1v) is 38.8. The van der Waals surface area contributed by atoms with Crippen LogP contribution in [-0.2, 0) is 67.1 Å². The van der Waals surface area contributed by atoms with Gasteiger partial charge in [-0.1, -0.05) is 42.6 Å². The molecule has 0 bridgehead atoms. The van der Waals surface area contributed by atoms with E-state index in [0.29, 0.717) is 73.8 Å². The number of carbonyl (C=O) groups excluding carboxylic acids is 7. The van der Waals surface area contributed by atoms with Crippen LogP contribution in [0.2, 0.25) is 0 Å². The van der Waals surface area contributed by atoms with Crippen molar-refractivity contribution >= 4 is 166 Å². The summed E-state index contributed by atoms with van der Waals surface area (Å²) >= 11 is 3.62. The summed E-state index contributed by atoms with van der Waals surface area (Å²) in [7, 11) is 0. The number of hydrogen-bond acceptors (Lipinski definition) is 40. The molecule has 3 aromatic rings. The van der Waals surface area contributed by atoms with Crippen LogP contribution < -0.4 is 62.8 Å². The van der Waals surface area contributed by atoms with Crippen LogP contribution in [0.25, 0.3) is 0 Å². The van der Waals surface area contributed by atoms with E-state index in [1.54, 1.807) is 39.8 Å². The van der Waals surface area contributed by atoms with Crippen molar-refractivity contribution < 1.29 is 132 Å². The number of aliphatic carboxylic acids is 6. The molecule has 3 fully saturated rings. The van der Waals surface area contributed by atoms with E-state index in [1.165, 1.54) is 64.9 Å². The van der Waals surface area contributed by atoms with Gasteiger partial charge >= 0.3 is 53.7 Å². The Balaban J connectivity index is 0.000000702. The lowest BCUT2D eigenvalue weighted by Gasteiger charge is -2.36. The lowest BCUT2D eigenvalue weighted by atomic mass is 9.88. The lowest BCUT2D eigenvalue weighted by molar-refractivity contribution is -0.903. The summed E-state index contributed by atoms with van der Waals surface area (Å²) in [5.74, 6) is -12.3. The van der Waals surface area contributed by atoms with Crippen molar-refractivity contribution in [2.45, 2.75) is 188 Å². The number of carboxylic acid groups (broad SMARTS) is 7. The number of piperazine rings is 1. The van der Waals surface area contributed by atoms with E-state index in [9.17, 15) is 96.8 Å². The first-order chi connectivity index (χ1) is 56.1. The van der Waals surface area contributed by atoms with Gasteiger partial charge < -0.3 is 82.3 Å². The third kappa shape index (κ3) is 42.2. The topological polar surface area (TPSA) is 754 Å². The smallest absolute Gasteiger partial charge is 0.392 e. The summed E-state index contributed by atoms with van der Waals surface area (Å²) in [6, 6.07) is 4.90. The molecule has 5 atom stereocenters. The van der Waals surface area contributed by atoms with Crippen LogP contribution in [0.4, 0.5) is 11.6 Å². The Bertz CT molecular complexity index is 4050. The molecular formula is C64H92N21O30S5+. The van der Waals surface area contributed by atoms with Gasteiger partial charge in [-0.3, -0.25) is 62.6 Å². The number of para-hydroxylation sites is 1. The van der Waals surface area contributed by atoms with Crippen LogP contribution in [0, 0.1) is 24.5 Å². The minimum atomic E-state index is -1.33. The van der Waals surface area contributed by atoms with E-state index < -0.39 is 145 Å². The first kappa shape index (κ1) is 106. The van der Waals surface area contributed by atoms with Gasteiger partial charge in [0.2, 0.25) is 40.7 Å². The van der Waals surface area contributed by atoms with E-state index >= 15 is 0 Å². The Morgan fingerprint density at radius 3 is 1.68 bits per heavy atom. The van der Waals surface area contributed by atoms with Crippen molar-refractivity contribution in [1.82, 2.24) is 52.7 Å². The average molecular weight is 1800 g/mol. The maximum Gasteiger partial charge on any atom is 0.392 e. The summed E-state index contributed by atoms with van der Waals surface area (Å²) in [5, 5.41) is 98.4. The number of morpholine rings is 1. The zero-order valence-corrected chi connectivity index (χ0v) is 70.0. The summed E-state index contributed by atoms with van der Waals surface area (Å²) in [5.41, 5.74) is 2.59. The van der Waals surface area contributed by atoms with Gasteiger partial charge in [-0.15, -0.1) is 29.5 Å². The molecule has 1 aliphatic carbocycles. The molecule has 5 heterocycles. The largest absolute Gasteiger partial charge is 0.861 e. The number of amidine groups is 1. The van der Waals surface area contributed by atoms with Gasteiger partial charge in [0.15, 0.2) is 17.1 Å². The molecule has 3 aliphatic heterocycles. The molecule has 7 amide bonds. The van der Waals surface area contributed by atoms with Gasteiger partial charge in [-0.05, 0) is 80.6 Å². The average Bonchev–Trinajstić information content (AvgIpc) is 0.844. The second-order valence-corrected chi connectivity index (χ2v) is 33.8. The number of rotatable bonds is 36. The van der Waals surface area contributed by atoms with Gasteiger partial charge in [-0.25, -0.2) is 29.3 Å². The Kier molecular flexibility index (Phi) is 47.7. The van der Waals surface area contributed by atoms with Crippen molar-refractivity contribution in [3.8, 4) is 0 Å². The van der Waals surface area contributed by atoms with Crippen LogP contribution in [0.3, 0.4) is 0 Å². The van der Waals surface area contributed by atoms with E-state index in [4.69, 9.17) is 49.8 Å². The first-order valence-electron chi connectivity index (χ1n) is 35.0. The fourth-order valence-electron chi connectivity index (χ4n) is 9.60. The number of ether oxygens (including phenoxy) is 1. The van der Waals surface area contributed by atoms with Crippen molar-refractivity contribution in [2.75, 3.05) is 49.7 Å². The van der Waals surface area contributed by atoms with E-state index in [0.717, 1.165) is 61.7 Å². The monoisotopic (exact) mass is 1790 g/mol. The number of amides is 7. The number of benzene rings is 1.